The number of thioether (sulfide) groups is 1. The van der Waals surface area contributed by atoms with E-state index >= 15 is 0 Å². The average Bonchev–Trinajstić information content (AvgIpc) is 3.25. The minimum Gasteiger partial charge on any atom is -0.303 e. The Kier molecular flexibility index (Phi) is 7.57. The summed E-state index contributed by atoms with van der Waals surface area (Å²) in [5, 5.41) is 0.611. The monoisotopic (exact) mass is 498 g/mol. The second-order valence-electron chi connectivity index (χ2n) is 8.40. The minimum absolute atomic E-state index is 0.155. The first-order valence-electron chi connectivity index (χ1n) is 11.4. The summed E-state index contributed by atoms with van der Waals surface area (Å²) in [6.07, 6.45) is 4.34. The molecule has 2 amide bonds. The van der Waals surface area contributed by atoms with Crippen molar-refractivity contribution in [1.29, 1.82) is 0 Å². The van der Waals surface area contributed by atoms with E-state index in [1.807, 2.05) is 48.5 Å². The van der Waals surface area contributed by atoms with E-state index in [4.69, 9.17) is 23.8 Å². The van der Waals surface area contributed by atoms with Gasteiger partial charge in [-0.2, -0.15) is 0 Å². The Bertz CT molecular complexity index is 1130. The number of hydrogen-bond acceptors (Lipinski definition) is 4. The fraction of sp³-hybridized carbons (Fsp3) is 0.346. The normalized spacial score (nSPS) is 18.9. The van der Waals surface area contributed by atoms with Crippen LogP contribution >= 0.6 is 35.6 Å². The summed E-state index contributed by atoms with van der Waals surface area (Å²) in [7, 11) is 0. The highest BCUT2D eigenvalue weighted by Gasteiger charge is 2.42. The lowest BCUT2D eigenvalue weighted by Crippen LogP contribution is -2.33. The summed E-state index contributed by atoms with van der Waals surface area (Å²) >= 11 is 13.2. The van der Waals surface area contributed by atoms with Crippen molar-refractivity contribution in [2.24, 2.45) is 5.92 Å². The first-order valence-corrected chi connectivity index (χ1v) is 13.0. The standard InChI is InChI=1S/C26H27ClN2O2S2/c1-3-5-10-17(4-2)15-29-25(31)23(33-26(29)32)22-19-12-7-9-14-21(19)28(24(22)30)16-18-11-6-8-13-20(18)27/h6-9,11-14,17H,3-5,10,15-16H2,1-2H3/b23-22-. The topological polar surface area (TPSA) is 40.6 Å². The van der Waals surface area contributed by atoms with Crippen molar-refractivity contribution in [2.45, 2.75) is 46.1 Å². The van der Waals surface area contributed by atoms with Crippen LogP contribution in [0.15, 0.2) is 53.4 Å². The predicted molar refractivity (Wildman–Crippen MR) is 141 cm³/mol. The van der Waals surface area contributed by atoms with Gasteiger partial charge in [0.25, 0.3) is 11.8 Å². The van der Waals surface area contributed by atoms with Crippen LogP contribution in [0.5, 0.6) is 0 Å². The molecule has 7 heteroatoms. The molecule has 2 aliphatic rings. The molecule has 2 aromatic rings. The van der Waals surface area contributed by atoms with E-state index in [2.05, 4.69) is 13.8 Å². The molecule has 0 spiro atoms. The second-order valence-corrected chi connectivity index (χ2v) is 10.5. The van der Waals surface area contributed by atoms with Gasteiger partial charge in [-0.25, -0.2) is 0 Å². The zero-order chi connectivity index (χ0) is 23.5. The molecule has 1 unspecified atom stereocenters. The number of thiocarbonyl (C=S) groups is 1. The third-order valence-electron chi connectivity index (χ3n) is 6.27. The van der Waals surface area contributed by atoms with Crippen LogP contribution < -0.4 is 4.90 Å². The summed E-state index contributed by atoms with van der Waals surface area (Å²) in [4.78, 5) is 30.9. The summed E-state index contributed by atoms with van der Waals surface area (Å²) in [5.74, 6) is 0.0624. The molecular formula is C26H27ClN2O2S2. The van der Waals surface area contributed by atoms with E-state index in [0.717, 1.165) is 42.5 Å². The number of hydrogen-bond donors (Lipinski definition) is 0. The molecule has 0 bridgehead atoms. The second kappa shape index (κ2) is 10.4. The van der Waals surface area contributed by atoms with Gasteiger partial charge < -0.3 is 4.90 Å². The Morgan fingerprint density at radius 1 is 1.00 bits per heavy atom. The van der Waals surface area contributed by atoms with Crippen molar-refractivity contribution in [2.75, 3.05) is 11.4 Å². The van der Waals surface area contributed by atoms with Crippen LogP contribution in [0.4, 0.5) is 5.69 Å². The van der Waals surface area contributed by atoms with Gasteiger partial charge in [0.2, 0.25) is 0 Å². The molecule has 0 radical (unpaired) electrons. The van der Waals surface area contributed by atoms with E-state index < -0.39 is 0 Å². The van der Waals surface area contributed by atoms with Crippen molar-refractivity contribution >= 4 is 63.0 Å². The number of amides is 2. The third-order valence-corrected chi connectivity index (χ3v) is 8.09. The van der Waals surface area contributed by atoms with E-state index in [1.54, 1.807) is 9.80 Å². The van der Waals surface area contributed by atoms with Crippen LogP contribution in [0.2, 0.25) is 5.02 Å². The number of unbranched alkanes of at least 4 members (excludes halogenated alkanes) is 1. The van der Waals surface area contributed by atoms with Gasteiger partial charge in [0.1, 0.15) is 4.32 Å². The van der Waals surface area contributed by atoms with Gasteiger partial charge in [0.05, 0.1) is 22.7 Å². The first-order chi connectivity index (χ1) is 16.0. The number of benzene rings is 2. The van der Waals surface area contributed by atoms with Crippen LogP contribution in [0.1, 0.15) is 50.7 Å². The minimum atomic E-state index is -0.186. The maximum Gasteiger partial charge on any atom is 0.267 e. The molecule has 2 aromatic carbocycles. The Labute approximate surface area is 210 Å². The van der Waals surface area contributed by atoms with Crippen molar-refractivity contribution < 1.29 is 9.59 Å². The zero-order valence-electron chi connectivity index (χ0n) is 18.8. The number of rotatable bonds is 8. The molecule has 0 saturated carbocycles. The van der Waals surface area contributed by atoms with Crippen molar-refractivity contribution in [1.82, 2.24) is 4.90 Å². The summed E-state index contributed by atoms with van der Waals surface area (Å²) in [6, 6.07) is 15.1. The van der Waals surface area contributed by atoms with Crippen LogP contribution in [0, 0.1) is 5.92 Å². The van der Waals surface area contributed by atoms with Crippen molar-refractivity contribution in [3.63, 3.8) is 0 Å². The van der Waals surface area contributed by atoms with Crippen molar-refractivity contribution in [3.05, 3.63) is 69.6 Å². The summed E-state index contributed by atoms with van der Waals surface area (Å²) in [6.45, 7) is 5.28. The SMILES string of the molecule is CCCCC(CC)CN1C(=O)/C(=C2/C(=O)N(Cc3ccccc3Cl)c3ccccc32)SC1=S. The molecule has 4 rings (SSSR count). The molecule has 1 fully saturated rings. The number of para-hydroxylation sites is 1. The van der Waals surface area contributed by atoms with Gasteiger partial charge in [0.15, 0.2) is 0 Å². The lowest BCUT2D eigenvalue weighted by Gasteiger charge is -2.21. The van der Waals surface area contributed by atoms with Crippen LogP contribution in [0.25, 0.3) is 5.57 Å². The fourth-order valence-corrected chi connectivity index (χ4v) is 5.88. The van der Waals surface area contributed by atoms with Gasteiger partial charge >= 0.3 is 0 Å². The van der Waals surface area contributed by atoms with Gasteiger partial charge in [-0.15, -0.1) is 0 Å². The number of nitrogens with zero attached hydrogens (tertiary/aromatic N) is 2. The number of halogens is 1. The van der Waals surface area contributed by atoms with Gasteiger partial charge in [-0.1, -0.05) is 105 Å². The van der Waals surface area contributed by atoms with Gasteiger partial charge in [-0.05, 0) is 30.0 Å². The quantitative estimate of drug-likeness (QED) is 0.301. The Hall–Kier alpha value is -2.15. The van der Waals surface area contributed by atoms with E-state index in [1.165, 1.54) is 11.8 Å². The van der Waals surface area contributed by atoms with Gasteiger partial charge in [0, 0.05) is 17.1 Å². The molecule has 33 heavy (non-hydrogen) atoms. The number of carbonyl (C=O) groups excluding carboxylic acids is 2. The molecule has 0 aromatic heterocycles. The molecule has 1 saturated heterocycles. The largest absolute Gasteiger partial charge is 0.303 e. The Morgan fingerprint density at radius 2 is 1.73 bits per heavy atom. The predicted octanol–water partition coefficient (Wildman–Crippen LogP) is 6.67. The van der Waals surface area contributed by atoms with Crippen LogP contribution in [-0.2, 0) is 16.1 Å². The highest BCUT2D eigenvalue weighted by Crippen LogP contribution is 2.45. The van der Waals surface area contributed by atoms with Gasteiger partial charge in [-0.3, -0.25) is 14.5 Å². The first kappa shape index (κ1) is 24.0. The molecule has 4 nitrogen and oxygen atoms in total. The fourth-order valence-electron chi connectivity index (χ4n) is 4.34. The molecule has 2 heterocycles. The number of carbonyl (C=O) groups is 2. The molecule has 1 atom stereocenters. The lowest BCUT2D eigenvalue weighted by atomic mass is 9.98. The molecular weight excluding hydrogens is 472 g/mol. The molecule has 0 aliphatic carbocycles. The average molecular weight is 499 g/mol. The van der Waals surface area contributed by atoms with E-state index in [-0.39, 0.29) is 11.8 Å². The summed E-state index contributed by atoms with van der Waals surface area (Å²) < 4.78 is 0.535. The number of fused-ring (bicyclic) bond motifs is 1. The van der Waals surface area contributed by atoms with Crippen molar-refractivity contribution in [3.8, 4) is 0 Å². The lowest BCUT2D eigenvalue weighted by molar-refractivity contribution is -0.123. The maximum atomic E-state index is 13.6. The zero-order valence-corrected chi connectivity index (χ0v) is 21.2. The molecule has 172 valence electrons. The summed E-state index contributed by atoms with van der Waals surface area (Å²) in [5.41, 5.74) is 2.86. The highest BCUT2D eigenvalue weighted by atomic mass is 35.5. The van der Waals surface area contributed by atoms with E-state index in [0.29, 0.717) is 38.8 Å². The Morgan fingerprint density at radius 3 is 2.45 bits per heavy atom. The smallest absolute Gasteiger partial charge is 0.267 e. The van der Waals surface area contributed by atoms with Crippen LogP contribution in [-0.4, -0.2) is 27.6 Å². The van der Waals surface area contributed by atoms with Crippen LogP contribution in [0.3, 0.4) is 0 Å². The maximum absolute atomic E-state index is 13.6. The molecule has 2 aliphatic heterocycles. The Balaban J connectivity index is 1.67. The number of anilines is 1. The highest BCUT2D eigenvalue weighted by molar-refractivity contribution is 8.26. The third kappa shape index (κ3) is 4.75. The molecule has 0 N–H and O–H groups in total. The van der Waals surface area contributed by atoms with E-state index in [9.17, 15) is 9.59 Å².